The van der Waals surface area contributed by atoms with E-state index in [0.717, 1.165) is 36.3 Å². The molecule has 1 aliphatic rings. The SMILES string of the molecule is CC(=CC(=O)N1CCCC(c2n[nH]c(=S)n2C(C)C)C1)c1ccccc1. The minimum absolute atomic E-state index is 0.0706. The summed E-state index contributed by atoms with van der Waals surface area (Å²) >= 11 is 5.37. The van der Waals surface area contributed by atoms with Crippen LogP contribution in [0.1, 0.15) is 57.0 Å². The summed E-state index contributed by atoms with van der Waals surface area (Å²) in [6.07, 6.45) is 3.75. The van der Waals surface area contributed by atoms with Crippen LogP contribution in [0.3, 0.4) is 0 Å². The molecule has 1 aliphatic heterocycles. The third kappa shape index (κ3) is 3.96. The molecule has 1 N–H and O–H groups in total. The first-order valence-electron chi connectivity index (χ1n) is 9.16. The first-order chi connectivity index (χ1) is 12.5. The van der Waals surface area contributed by atoms with Crippen LogP contribution in [-0.4, -0.2) is 38.7 Å². The summed E-state index contributed by atoms with van der Waals surface area (Å²) in [4.78, 5) is 14.7. The molecule has 0 spiro atoms. The molecule has 1 aromatic heterocycles. The zero-order valence-electron chi connectivity index (χ0n) is 15.6. The van der Waals surface area contributed by atoms with Crippen LogP contribution in [-0.2, 0) is 4.79 Å². The maximum Gasteiger partial charge on any atom is 0.246 e. The van der Waals surface area contributed by atoms with Gasteiger partial charge in [-0.25, -0.2) is 0 Å². The van der Waals surface area contributed by atoms with Crippen LogP contribution in [0, 0.1) is 4.77 Å². The first-order valence-corrected chi connectivity index (χ1v) is 9.57. The zero-order valence-corrected chi connectivity index (χ0v) is 16.4. The number of rotatable bonds is 4. The average molecular weight is 371 g/mol. The van der Waals surface area contributed by atoms with Crippen LogP contribution in [0.2, 0.25) is 0 Å². The second kappa shape index (κ2) is 7.99. The molecule has 0 bridgehead atoms. The van der Waals surface area contributed by atoms with Gasteiger partial charge < -0.3 is 9.47 Å². The molecule has 3 rings (SSSR count). The number of hydrogen-bond donors (Lipinski definition) is 1. The number of benzene rings is 1. The van der Waals surface area contributed by atoms with E-state index >= 15 is 0 Å². The molecule has 1 saturated heterocycles. The Labute approximate surface area is 159 Å². The first kappa shape index (κ1) is 18.6. The largest absolute Gasteiger partial charge is 0.338 e. The van der Waals surface area contributed by atoms with Gasteiger partial charge in [-0.1, -0.05) is 30.3 Å². The van der Waals surface area contributed by atoms with Crippen LogP contribution in [0.15, 0.2) is 36.4 Å². The smallest absolute Gasteiger partial charge is 0.246 e. The van der Waals surface area contributed by atoms with Gasteiger partial charge in [0.15, 0.2) is 4.77 Å². The summed E-state index contributed by atoms with van der Waals surface area (Å²) < 4.78 is 2.72. The molecular weight excluding hydrogens is 344 g/mol. The van der Waals surface area contributed by atoms with E-state index in [1.165, 1.54) is 0 Å². The topological polar surface area (TPSA) is 53.9 Å². The predicted octanol–water partition coefficient (Wildman–Crippen LogP) is 4.33. The summed E-state index contributed by atoms with van der Waals surface area (Å²) in [5.41, 5.74) is 2.07. The van der Waals surface area contributed by atoms with Crippen molar-refractivity contribution in [3.8, 4) is 0 Å². The predicted molar refractivity (Wildman–Crippen MR) is 106 cm³/mol. The van der Waals surface area contributed by atoms with Crippen molar-refractivity contribution in [3.05, 3.63) is 52.6 Å². The monoisotopic (exact) mass is 370 g/mol. The molecule has 26 heavy (non-hydrogen) atoms. The molecule has 1 amide bonds. The fourth-order valence-corrected chi connectivity index (χ4v) is 3.90. The average Bonchev–Trinajstić information content (AvgIpc) is 3.04. The number of carbonyl (C=O) groups is 1. The zero-order chi connectivity index (χ0) is 18.7. The Morgan fingerprint density at radius 2 is 2.08 bits per heavy atom. The second-order valence-electron chi connectivity index (χ2n) is 7.17. The standard InChI is InChI=1S/C20H26N4OS/c1-14(2)24-19(21-22-20(24)26)17-10-7-11-23(13-17)18(25)12-15(3)16-8-5-4-6-9-16/h4-6,8-9,12,14,17H,7,10-11,13H2,1-3H3,(H,22,26). The Morgan fingerprint density at radius 3 is 2.77 bits per heavy atom. The van der Waals surface area contributed by atoms with Gasteiger partial charge in [0.1, 0.15) is 5.82 Å². The third-order valence-electron chi connectivity index (χ3n) is 4.92. The van der Waals surface area contributed by atoms with Gasteiger partial charge >= 0.3 is 0 Å². The van der Waals surface area contributed by atoms with Crippen molar-refractivity contribution in [2.24, 2.45) is 0 Å². The lowest BCUT2D eigenvalue weighted by Gasteiger charge is -2.32. The van der Waals surface area contributed by atoms with E-state index < -0.39 is 0 Å². The molecule has 0 aliphatic carbocycles. The molecule has 2 heterocycles. The Balaban J connectivity index is 1.77. The highest BCUT2D eigenvalue weighted by atomic mass is 32.1. The Morgan fingerprint density at radius 1 is 1.35 bits per heavy atom. The number of carbonyl (C=O) groups excluding carboxylic acids is 1. The number of H-pyrrole nitrogens is 1. The van der Waals surface area contributed by atoms with E-state index in [9.17, 15) is 4.79 Å². The van der Waals surface area contributed by atoms with Crippen LogP contribution < -0.4 is 0 Å². The molecule has 1 fully saturated rings. The molecule has 0 radical (unpaired) electrons. The number of hydrogen-bond acceptors (Lipinski definition) is 3. The highest BCUT2D eigenvalue weighted by Gasteiger charge is 2.28. The van der Waals surface area contributed by atoms with Gasteiger partial charge in [0.25, 0.3) is 0 Å². The third-order valence-corrected chi connectivity index (χ3v) is 5.20. The van der Waals surface area contributed by atoms with E-state index in [0.29, 0.717) is 11.3 Å². The summed E-state index contributed by atoms with van der Waals surface area (Å²) in [5, 5.41) is 7.37. The maximum absolute atomic E-state index is 12.8. The number of likely N-dealkylation sites (tertiary alicyclic amines) is 1. The number of nitrogens with zero attached hydrogens (tertiary/aromatic N) is 3. The summed E-state index contributed by atoms with van der Waals surface area (Å²) in [5.74, 6) is 1.25. The normalized spacial score (nSPS) is 18.4. The van der Waals surface area contributed by atoms with E-state index in [1.807, 2.05) is 42.2 Å². The van der Waals surface area contributed by atoms with Gasteiger partial charge in [-0.3, -0.25) is 9.89 Å². The molecule has 1 unspecified atom stereocenters. The van der Waals surface area contributed by atoms with E-state index in [1.54, 1.807) is 6.08 Å². The van der Waals surface area contributed by atoms with Crippen molar-refractivity contribution in [2.45, 2.75) is 45.6 Å². The molecule has 0 saturated carbocycles. The molecule has 1 atom stereocenters. The quantitative estimate of drug-likeness (QED) is 0.644. The maximum atomic E-state index is 12.8. The van der Waals surface area contributed by atoms with Gasteiger partial charge in [0.05, 0.1) is 0 Å². The fraction of sp³-hybridized carbons (Fsp3) is 0.450. The Hall–Kier alpha value is -2.21. The summed E-state index contributed by atoms with van der Waals surface area (Å²) in [6, 6.07) is 10.3. The highest BCUT2D eigenvalue weighted by Crippen LogP contribution is 2.28. The number of amides is 1. The van der Waals surface area contributed by atoms with Crippen molar-refractivity contribution < 1.29 is 4.79 Å². The highest BCUT2D eigenvalue weighted by molar-refractivity contribution is 7.71. The molecule has 1 aromatic carbocycles. The van der Waals surface area contributed by atoms with Crippen LogP contribution >= 0.6 is 12.2 Å². The van der Waals surface area contributed by atoms with Crippen molar-refractivity contribution in [1.29, 1.82) is 0 Å². The lowest BCUT2D eigenvalue weighted by molar-refractivity contribution is -0.127. The molecule has 5 nitrogen and oxygen atoms in total. The summed E-state index contributed by atoms with van der Waals surface area (Å²) in [7, 11) is 0. The number of aromatic amines is 1. The van der Waals surface area contributed by atoms with Gasteiger partial charge in [-0.2, -0.15) is 5.10 Å². The van der Waals surface area contributed by atoms with Crippen molar-refractivity contribution in [3.63, 3.8) is 0 Å². The number of allylic oxidation sites excluding steroid dienone is 1. The minimum Gasteiger partial charge on any atom is -0.338 e. The van der Waals surface area contributed by atoms with E-state index in [-0.39, 0.29) is 17.9 Å². The van der Waals surface area contributed by atoms with Crippen molar-refractivity contribution in [1.82, 2.24) is 19.7 Å². The molecule has 138 valence electrons. The minimum atomic E-state index is 0.0706. The van der Waals surface area contributed by atoms with Crippen LogP contribution in [0.4, 0.5) is 0 Å². The van der Waals surface area contributed by atoms with E-state index in [4.69, 9.17) is 12.2 Å². The van der Waals surface area contributed by atoms with Gasteiger partial charge in [0, 0.05) is 31.1 Å². The van der Waals surface area contributed by atoms with E-state index in [2.05, 4.69) is 28.6 Å². The van der Waals surface area contributed by atoms with Crippen LogP contribution in [0.5, 0.6) is 0 Å². The Kier molecular flexibility index (Phi) is 5.71. The molecular formula is C20H26N4OS. The summed E-state index contributed by atoms with van der Waals surface area (Å²) in [6.45, 7) is 7.67. The molecule has 6 heteroatoms. The number of aromatic nitrogens is 3. The lowest BCUT2D eigenvalue weighted by atomic mass is 9.96. The fourth-order valence-electron chi connectivity index (χ4n) is 3.55. The number of piperidine rings is 1. The van der Waals surface area contributed by atoms with Crippen molar-refractivity contribution >= 4 is 23.7 Å². The van der Waals surface area contributed by atoms with Gasteiger partial charge in [0.2, 0.25) is 5.91 Å². The Bertz CT molecular complexity index is 850. The lowest BCUT2D eigenvalue weighted by Crippen LogP contribution is -2.39. The number of nitrogens with one attached hydrogen (secondary N) is 1. The van der Waals surface area contributed by atoms with Gasteiger partial charge in [-0.15, -0.1) is 0 Å². The van der Waals surface area contributed by atoms with Gasteiger partial charge in [-0.05, 0) is 57.0 Å². The van der Waals surface area contributed by atoms with Crippen molar-refractivity contribution in [2.75, 3.05) is 13.1 Å². The van der Waals surface area contributed by atoms with Crippen LogP contribution in [0.25, 0.3) is 5.57 Å². The molecule has 2 aromatic rings. The second-order valence-corrected chi connectivity index (χ2v) is 7.55.